The molecule has 2 nitrogen and oxygen atoms in total. The summed E-state index contributed by atoms with van der Waals surface area (Å²) >= 11 is 0. The van der Waals surface area contributed by atoms with Crippen LogP contribution < -0.4 is 0 Å². The molecular weight excluding hydrogens is 212 g/mol. The molecule has 17 heavy (non-hydrogen) atoms. The van der Waals surface area contributed by atoms with Gasteiger partial charge in [-0.3, -0.25) is 4.79 Å². The van der Waals surface area contributed by atoms with Gasteiger partial charge < -0.3 is 5.11 Å². The molecule has 0 amide bonds. The molecule has 0 saturated carbocycles. The van der Waals surface area contributed by atoms with Crippen LogP contribution in [0.25, 0.3) is 0 Å². The van der Waals surface area contributed by atoms with Gasteiger partial charge in [0, 0.05) is 11.3 Å². The first-order valence-corrected chi connectivity index (χ1v) is 6.30. The fourth-order valence-electron chi connectivity index (χ4n) is 3.63. The van der Waals surface area contributed by atoms with Crippen LogP contribution in [0.5, 0.6) is 0 Å². The van der Waals surface area contributed by atoms with E-state index in [2.05, 4.69) is 26.8 Å². The molecule has 0 aromatic rings. The summed E-state index contributed by atoms with van der Waals surface area (Å²) in [5, 5.41) is 10.3. The van der Waals surface area contributed by atoms with E-state index in [0.29, 0.717) is 5.57 Å². The van der Waals surface area contributed by atoms with Crippen molar-refractivity contribution in [1.82, 2.24) is 0 Å². The Morgan fingerprint density at radius 3 is 2.47 bits per heavy atom. The lowest BCUT2D eigenvalue weighted by molar-refractivity contribution is -0.139. The third kappa shape index (κ3) is 1.54. The van der Waals surface area contributed by atoms with Crippen LogP contribution in [0.1, 0.15) is 41.0 Å². The van der Waals surface area contributed by atoms with Crippen LogP contribution in [0, 0.1) is 16.7 Å². The van der Waals surface area contributed by atoms with E-state index in [4.69, 9.17) is 0 Å². The largest absolute Gasteiger partial charge is 0.389 e. The molecule has 0 spiro atoms. The number of carbonyl (C=O) groups excluding carboxylic acids is 1. The third-order valence-corrected chi connectivity index (χ3v) is 4.89. The van der Waals surface area contributed by atoms with Crippen LogP contribution in [0.15, 0.2) is 23.3 Å². The van der Waals surface area contributed by atoms with Gasteiger partial charge >= 0.3 is 0 Å². The van der Waals surface area contributed by atoms with E-state index in [9.17, 15) is 9.90 Å². The monoisotopic (exact) mass is 234 g/mol. The van der Waals surface area contributed by atoms with Crippen molar-refractivity contribution in [2.45, 2.75) is 47.1 Å². The molecule has 0 radical (unpaired) electrons. The van der Waals surface area contributed by atoms with Crippen LogP contribution in [0.4, 0.5) is 0 Å². The summed E-state index contributed by atoms with van der Waals surface area (Å²) < 4.78 is 0. The Kier molecular flexibility index (Phi) is 2.62. The molecule has 94 valence electrons. The van der Waals surface area contributed by atoms with Gasteiger partial charge in [0.05, 0.1) is 6.10 Å². The highest BCUT2D eigenvalue weighted by Gasteiger charge is 2.56. The zero-order valence-electron chi connectivity index (χ0n) is 11.4. The van der Waals surface area contributed by atoms with Crippen LogP contribution in [0.3, 0.4) is 0 Å². The Labute approximate surface area is 103 Å². The zero-order chi connectivity index (χ0) is 13.0. The number of aliphatic hydroxyl groups is 1. The molecule has 2 heteroatoms. The molecule has 0 saturated heterocycles. The average Bonchev–Trinajstić information content (AvgIpc) is 2.19. The maximum atomic E-state index is 12.5. The molecule has 0 aromatic heterocycles. The SMILES string of the molecule is CC1=CC(C)(C)[C@@]2(C)C(=O)C(C)=C[C@H](O)[C@H]2C1. The van der Waals surface area contributed by atoms with E-state index in [-0.39, 0.29) is 17.1 Å². The van der Waals surface area contributed by atoms with E-state index in [1.165, 1.54) is 5.57 Å². The maximum Gasteiger partial charge on any atom is 0.165 e. The first-order chi connectivity index (χ1) is 7.70. The Bertz CT molecular complexity index is 428. The van der Waals surface area contributed by atoms with Crippen molar-refractivity contribution in [2.75, 3.05) is 0 Å². The van der Waals surface area contributed by atoms with Gasteiger partial charge in [-0.2, -0.15) is 0 Å². The van der Waals surface area contributed by atoms with Gasteiger partial charge in [-0.05, 0) is 37.3 Å². The van der Waals surface area contributed by atoms with E-state index in [1.807, 2.05) is 13.8 Å². The topological polar surface area (TPSA) is 37.3 Å². The fourth-order valence-corrected chi connectivity index (χ4v) is 3.63. The van der Waals surface area contributed by atoms with Crippen LogP contribution in [0.2, 0.25) is 0 Å². The van der Waals surface area contributed by atoms with Gasteiger partial charge in [-0.1, -0.05) is 32.4 Å². The second-order valence-corrected chi connectivity index (χ2v) is 6.39. The smallest absolute Gasteiger partial charge is 0.165 e. The fraction of sp³-hybridized carbons (Fsp3) is 0.667. The molecule has 2 aliphatic carbocycles. The summed E-state index contributed by atoms with van der Waals surface area (Å²) in [5.41, 5.74) is 1.30. The van der Waals surface area contributed by atoms with Gasteiger partial charge in [-0.25, -0.2) is 0 Å². The van der Waals surface area contributed by atoms with Crippen molar-refractivity contribution in [2.24, 2.45) is 16.7 Å². The van der Waals surface area contributed by atoms with Crippen LogP contribution in [-0.4, -0.2) is 17.0 Å². The number of hydrogen-bond donors (Lipinski definition) is 1. The molecule has 0 aromatic carbocycles. The summed E-state index contributed by atoms with van der Waals surface area (Å²) in [7, 11) is 0. The minimum Gasteiger partial charge on any atom is -0.389 e. The van der Waals surface area contributed by atoms with Crippen molar-refractivity contribution in [3.8, 4) is 0 Å². The highest BCUT2D eigenvalue weighted by atomic mass is 16.3. The molecular formula is C15H22O2. The first kappa shape index (κ1) is 12.6. The normalized spacial score (nSPS) is 40.5. The Morgan fingerprint density at radius 1 is 1.29 bits per heavy atom. The number of ketones is 1. The predicted molar refractivity (Wildman–Crippen MR) is 68.5 cm³/mol. The maximum absolute atomic E-state index is 12.5. The van der Waals surface area contributed by atoms with Crippen LogP contribution >= 0.6 is 0 Å². The van der Waals surface area contributed by atoms with Crippen molar-refractivity contribution in [3.63, 3.8) is 0 Å². The molecule has 1 N–H and O–H groups in total. The lowest BCUT2D eigenvalue weighted by atomic mass is 9.50. The average molecular weight is 234 g/mol. The number of aliphatic hydroxyl groups excluding tert-OH is 1. The predicted octanol–water partition coefficient (Wildman–Crippen LogP) is 2.88. The van der Waals surface area contributed by atoms with Crippen molar-refractivity contribution in [1.29, 1.82) is 0 Å². The third-order valence-electron chi connectivity index (χ3n) is 4.89. The van der Waals surface area contributed by atoms with Gasteiger partial charge in [0.2, 0.25) is 0 Å². The number of carbonyl (C=O) groups is 1. The molecule has 2 rings (SSSR count). The summed E-state index contributed by atoms with van der Waals surface area (Å²) in [6.07, 6.45) is 4.24. The lowest BCUT2D eigenvalue weighted by Crippen LogP contribution is -2.55. The second kappa shape index (κ2) is 3.55. The highest BCUT2D eigenvalue weighted by molar-refractivity contribution is 6.01. The molecule has 0 bridgehead atoms. The van der Waals surface area contributed by atoms with E-state index < -0.39 is 11.5 Å². The number of rotatable bonds is 0. The Balaban J connectivity index is 2.61. The summed E-state index contributed by atoms with van der Waals surface area (Å²) in [4.78, 5) is 12.5. The molecule has 0 heterocycles. The Hall–Kier alpha value is -0.890. The van der Waals surface area contributed by atoms with E-state index in [0.717, 1.165) is 6.42 Å². The summed E-state index contributed by atoms with van der Waals surface area (Å²) in [6.45, 7) is 10.1. The molecule has 3 atom stereocenters. The minimum atomic E-state index is -0.499. The number of fused-ring (bicyclic) bond motifs is 1. The van der Waals surface area contributed by atoms with E-state index >= 15 is 0 Å². The molecule has 0 unspecified atom stereocenters. The molecule has 2 aliphatic rings. The van der Waals surface area contributed by atoms with Crippen LogP contribution in [-0.2, 0) is 4.79 Å². The number of allylic oxidation sites excluding steroid dienone is 3. The van der Waals surface area contributed by atoms with Crippen molar-refractivity contribution in [3.05, 3.63) is 23.3 Å². The molecule has 0 aliphatic heterocycles. The quantitative estimate of drug-likeness (QED) is 0.654. The van der Waals surface area contributed by atoms with E-state index in [1.54, 1.807) is 6.08 Å². The van der Waals surface area contributed by atoms with Gasteiger partial charge in [0.15, 0.2) is 5.78 Å². The lowest BCUT2D eigenvalue weighted by Gasteiger charge is -2.53. The number of hydrogen-bond acceptors (Lipinski definition) is 2. The standard InChI is InChI=1S/C15H22O2/c1-9-6-11-12(16)7-10(2)13(17)15(11,5)14(3,4)8-9/h7-8,11-12,16H,6H2,1-5H3/t11-,12+,15-/m1/s1. The zero-order valence-corrected chi connectivity index (χ0v) is 11.4. The highest BCUT2D eigenvalue weighted by Crippen LogP contribution is 2.56. The Morgan fingerprint density at radius 2 is 1.88 bits per heavy atom. The summed E-state index contributed by atoms with van der Waals surface area (Å²) in [6, 6.07) is 0. The van der Waals surface area contributed by atoms with Gasteiger partial charge in [0.25, 0.3) is 0 Å². The minimum absolute atomic E-state index is 0.0127. The summed E-state index contributed by atoms with van der Waals surface area (Å²) in [5.74, 6) is 0.209. The van der Waals surface area contributed by atoms with Gasteiger partial charge in [0.1, 0.15) is 0 Å². The van der Waals surface area contributed by atoms with Gasteiger partial charge in [-0.15, -0.1) is 0 Å². The number of Topliss-reactive ketones (excluding diaryl/α,β-unsaturated/α-hetero) is 1. The second-order valence-electron chi connectivity index (χ2n) is 6.39. The van der Waals surface area contributed by atoms with Crippen molar-refractivity contribution >= 4 is 5.78 Å². The molecule has 0 fully saturated rings. The first-order valence-electron chi connectivity index (χ1n) is 6.30. The van der Waals surface area contributed by atoms with Crippen molar-refractivity contribution < 1.29 is 9.90 Å².